The van der Waals surface area contributed by atoms with Crippen LogP contribution in [0, 0.1) is 5.82 Å². The Kier molecular flexibility index (Phi) is 4.24. The summed E-state index contributed by atoms with van der Waals surface area (Å²) >= 11 is 0. The van der Waals surface area contributed by atoms with E-state index < -0.39 is 5.97 Å². The highest BCUT2D eigenvalue weighted by molar-refractivity contribution is 5.66. The zero-order chi connectivity index (χ0) is 11.3. The van der Waals surface area contributed by atoms with Crippen molar-refractivity contribution in [3.8, 4) is 0 Å². The van der Waals surface area contributed by atoms with Gasteiger partial charge in [0.05, 0.1) is 0 Å². The summed E-state index contributed by atoms with van der Waals surface area (Å²) in [6.45, 7) is 0. The molecule has 0 bridgehead atoms. The predicted molar refractivity (Wildman–Crippen MR) is 54.9 cm³/mol. The van der Waals surface area contributed by atoms with Crippen molar-refractivity contribution in [3.63, 3.8) is 0 Å². The first kappa shape index (κ1) is 11.7. The summed E-state index contributed by atoms with van der Waals surface area (Å²) in [6.07, 6.45) is 0.763. The molecule has 15 heavy (non-hydrogen) atoms. The van der Waals surface area contributed by atoms with Gasteiger partial charge in [0.2, 0.25) is 0 Å². The van der Waals surface area contributed by atoms with Crippen LogP contribution in [-0.4, -0.2) is 17.1 Å². The number of halogens is 1. The number of benzene rings is 1. The zero-order valence-corrected chi connectivity index (χ0v) is 8.32. The minimum Gasteiger partial charge on any atom is -0.481 e. The predicted octanol–water partition coefficient (Wildman–Crippen LogP) is 1.56. The van der Waals surface area contributed by atoms with Gasteiger partial charge < -0.3 is 10.8 Å². The molecule has 1 atom stereocenters. The fourth-order valence-corrected chi connectivity index (χ4v) is 1.36. The standard InChI is InChI=1S/C11H14FNO2/c12-10-4-2-1-3-8(10)7-9(13)5-6-11(14)15/h1-4,9H,5-7,13H2,(H,14,15). The van der Waals surface area contributed by atoms with Gasteiger partial charge in [-0.2, -0.15) is 0 Å². The molecule has 0 saturated heterocycles. The lowest BCUT2D eigenvalue weighted by molar-refractivity contribution is -0.137. The minimum absolute atomic E-state index is 0.0234. The zero-order valence-electron chi connectivity index (χ0n) is 8.32. The summed E-state index contributed by atoms with van der Waals surface area (Å²) in [5, 5.41) is 8.45. The third-order valence-electron chi connectivity index (χ3n) is 2.17. The molecule has 1 unspecified atom stereocenters. The van der Waals surface area contributed by atoms with Gasteiger partial charge in [0.25, 0.3) is 0 Å². The average molecular weight is 211 g/mol. The second-order valence-corrected chi connectivity index (χ2v) is 3.49. The molecule has 0 aliphatic carbocycles. The van der Waals surface area contributed by atoms with Crippen LogP contribution < -0.4 is 5.73 Å². The fourth-order valence-electron chi connectivity index (χ4n) is 1.36. The summed E-state index contributed by atoms with van der Waals surface area (Å²) in [5.41, 5.74) is 6.23. The number of carbonyl (C=O) groups is 1. The number of hydrogen-bond donors (Lipinski definition) is 2. The normalized spacial score (nSPS) is 12.4. The Balaban J connectivity index is 2.47. The average Bonchev–Trinajstić information content (AvgIpc) is 2.18. The van der Waals surface area contributed by atoms with E-state index in [0.717, 1.165) is 0 Å². The van der Waals surface area contributed by atoms with Gasteiger partial charge in [0.1, 0.15) is 5.82 Å². The van der Waals surface area contributed by atoms with Crippen LogP contribution in [0.5, 0.6) is 0 Å². The molecule has 0 saturated carbocycles. The molecule has 82 valence electrons. The summed E-state index contributed by atoms with van der Waals surface area (Å²) in [5.74, 6) is -1.16. The van der Waals surface area contributed by atoms with Gasteiger partial charge >= 0.3 is 5.97 Å². The molecule has 0 radical (unpaired) electrons. The number of aliphatic carboxylic acids is 1. The second-order valence-electron chi connectivity index (χ2n) is 3.49. The molecule has 1 aromatic rings. The van der Waals surface area contributed by atoms with Gasteiger partial charge in [-0.3, -0.25) is 4.79 Å². The van der Waals surface area contributed by atoms with E-state index in [1.807, 2.05) is 0 Å². The third-order valence-corrected chi connectivity index (χ3v) is 2.17. The van der Waals surface area contributed by atoms with E-state index in [4.69, 9.17) is 10.8 Å². The number of hydrogen-bond acceptors (Lipinski definition) is 2. The number of carboxylic acids is 1. The van der Waals surface area contributed by atoms with Gasteiger partial charge in [0, 0.05) is 12.5 Å². The van der Waals surface area contributed by atoms with E-state index in [2.05, 4.69) is 0 Å². The van der Waals surface area contributed by atoms with E-state index in [1.54, 1.807) is 18.2 Å². The highest BCUT2D eigenvalue weighted by Gasteiger charge is 2.09. The van der Waals surface area contributed by atoms with Gasteiger partial charge in [-0.15, -0.1) is 0 Å². The lowest BCUT2D eigenvalue weighted by Gasteiger charge is -2.10. The van der Waals surface area contributed by atoms with Crippen LogP contribution in [0.1, 0.15) is 18.4 Å². The maximum Gasteiger partial charge on any atom is 0.303 e. The molecule has 0 aromatic heterocycles. The lowest BCUT2D eigenvalue weighted by Crippen LogP contribution is -2.24. The Morgan fingerprint density at radius 1 is 1.47 bits per heavy atom. The molecule has 1 rings (SSSR count). The van der Waals surface area contributed by atoms with Crippen molar-refractivity contribution >= 4 is 5.97 Å². The molecule has 3 N–H and O–H groups in total. The van der Waals surface area contributed by atoms with Crippen LogP contribution in [0.3, 0.4) is 0 Å². The van der Waals surface area contributed by atoms with Crippen LogP contribution in [0.15, 0.2) is 24.3 Å². The molecule has 0 heterocycles. The van der Waals surface area contributed by atoms with Crippen LogP contribution in [0.2, 0.25) is 0 Å². The summed E-state index contributed by atoms with van der Waals surface area (Å²) in [6, 6.07) is 6.08. The van der Waals surface area contributed by atoms with Crippen LogP contribution in [-0.2, 0) is 11.2 Å². The molecule has 3 nitrogen and oxygen atoms in total. The van der Waals surface area contributed by atoms with E-state index in [1.165, 1.54) is 6.07 Å². The summed E-state index contributed by atoms with van der Waals surface area (Å²) in [4.78, 5) is 10.3. The van der Waals surface area contributed by atoms with E-state index in [-0.39, 0.29) is 18.3 Å². The van der Waals surface area contributed by atoms with E-state index in [9.17, 15) is 9.18 Å². The molecular weight excluding hydrogens is 197 g/mol. The van der Waals surface area contributed by atoms with Gasteiger partial charge in [0.15, 0.2) is 0 Å². The van der Waals surface area contributed by atoms with Crippen molar-refractivity contribution in [2.24, 2.45) is 5.73 Å². The van der Waals surface area contributed by atoms with Crippen molar-refractivity contribution < 1.29 is 14.3 Å². The summed E-state index contributed by atoms with van der Waals surface area (Å²) in [7, 11) is 0. The Bertz CT molecular complexity index is 341. The van der Waals surface area contributed by atoms with Crippen molar-refractivity contribution in [1.82, 2.24) is 0 Å². The van der Waals surface area contributed by atoms with Gasteiger partial charge in [-0.1, -0.05) is 18.2 Å². The fraction of sp³-hybridized carbons (Fsp3) is 0.364. The molecule has 4 heteroatoms. The topological polar surface area (TPSA) is 63.3 Å². The quantitative estimate of drug-likeness (QED) is 0.776. The summed E-state index contributed by atoms with van der Waals surface area (Å²) < 4.78 is 13.2. The molecule has 0 amide bonds. The Labute approximate surface area is 87.7 Å². The Morgan fingerprint density at radius 2 is 2.13 bits per heavy atom. The molecule has 1 aromatic carbocycles. The maximum absolute atomic E-state index is 13.2. The van der Waals surface area contributed by atoms with Crippen molar-refractivity contribution in [3.05, 3.63) is 35.6 Å². The number of carboxylic acid groups (broad SMARTS) is 1. The first-order chi connectivity index (χ1) is 7.09. The molecule has 0 aliphatic heterocycles. The van der Waals surface area contributed by atoms with E-state index >= 15 is 0 Å². The SMILES string of the molecule is NC(CCC(=O)O)Cc1ccccc1F. The molecule has 0 spiro atoms. The van der Waals surface area contributed by atoms with Crippen molar-refractivity contribution in [2.45, 2.75) is 25.3 Å². The third kappa shape index (κ3) is 4.08. The molecule has 0 aliphatic rings. The first-order valence-electron chi connectivity index (χ1n) is 4.80. The number of rotatable bonds is 5. The largest absolute Gasteiger partial charge is 0.481 e. The van der Waals surface area contributed by atoms with E-state index in [0.29, 0.717) is 18.4 Å². The monoisotopic (exact) mass is 211 g/mol. The molecular formula is C11H14FNO2. The van der Waals surface area contributed by atoms with Crippen LogP contribution in [0.25, 0.3) is 0 Å². The van der Waals surface area contributed by atoms with Crippen LogP contribution in [0.4, 0.5) is 4.39 Å². The Morgan fingerprint density at radius 3 is 2.73 bits per heavy atom. The van der Waals surface area contributed by atoms with Crippen LogP contribution >= 0.6 is 0 Å². The lowest BCUT2D eigenvalue weighted by atomic mass is 10.0. The van der Waals surface area contributed by atoms with Gasteiger partial charge in [-0.25, -0.2) is 4.39 Å². The minimum atomic E-state index is -0.876. The maximum atomic E-state index is 13.2. The smallest absolute Gasteiger partial charge is 0.303 e. The second kappa shape index (κ2) is 5.46. The van der Waals surface area contributed by atoms with Crippen molar-refractivity contribution in [1.29, 1.82) is 0 Å². The highest BCUT2D eigenvalue weighted by Crippen LogP contribution is 2.10. The molecule has 0 fully saturated rings. The van der Waals surface area contributed by atoms with Crippen molar-refractivity contribution in [2.75, 3.05) is 0 Å². The van der Waals surface area contributed by atoms with Gasteiger partial charge in [-0.05, 0) is 24.5 Å². The number of nitrogens with two attached hydrogens (primary N) is 1. The Hall–Kier alpha value is -1.42. The first-order valence-corrected chi connectivity index (χ1v) is 4.80. The highest BCUT2D eigenvalue weighted by atomic mass is 19.1.